The molecule has 0 aliphatic rings. The molecule has 7 heteroatoms. The normalized spacial score (nSPS) is 11.7. The molecule has 1 aromatic carbocycles. The Balaban J connectivity index is 2.32. The molecule has 0 unspecified atom stereocenters. The highest BCUT2D eigenvalue weighted by molar-refractivity contribution is 5.78. The summed E-state index contributed by atoms with van der Waals surface area (Å²) in [6, 6.07) is 3.16. The third-order valence-corrected chi connectivity index (χ3v) is 2.52. The van der Waals surface area contributed by atoms with Gasteiger partial charge in [-0.1, -0.05) is 0 Å². The summed E-state index contributed by atoms with van der Waals surface area (Å²) in [5, 5.41) is 8.81. The summed E-state index contributed by atoms with van der Waals surface area (Å²) < 4.78 is 37.5. The molecule has 0 spiro atoms. The number of fused-ring (bicyclic) bond motifs is 1. The standard InChI is InChI=1S/C12H9F3N2O2/c13-12(14,15)8-1-2-9-7(5-8)6-16-10(17-9)3-4-11(18)19/h1-2,5-6H,3-4H2,(H,18,19). The predicted molar refractivity (Wildman–Crippen MR) is 60.5 cm³/mol. The van der Waals surface area contributed by atoms with Crippen LogP contribution in [0.25, 0.3) is 10.9 Å². The molecule has 0 amide bonds. The molecule has 0 saturated carbocycles. The van der Waals surface area contributed by atoms with Crippen molar-refractivity contribution in [2.24, 2.45) is 0 Å². The van der Waals surface area contributed by atoms with Gasteiger partial charge in [0.2, 0.25) is 0 Å². The van der Waals surface area contributed by atoms with E-state index in [1.807, 2.05) is 0 Å². The lowest BCUT2D eigenvalue weighted by atomic mass is 10.1. The van der Waals surface area contributed by atoms with E-state index in [0.29, 0.717) is 11.3 Å². The quantitative estimate of drug-likeness (QED) is 0.931. The number of aryl methyl sites for hydroxylation is 1. The van der Waals surface area contributed by atoms with Gasteiger partial charge in [-0.3, -0.25) is 4.79 Å². The van der Waals surface area contributed by atoms with E-state index in [1.165, 1.54) is 12.3 Å². The van der Waals surface area contributed by atoms with Crippen LogP contribution in [-0.2, 0) is 17.4 Å². The van der Waals surface area contributed by atoms with E-state index < -0.39 is 17.7 Å². The first-order valence-corrected chi connectivity index (χ1v) is 5.41. The van der Waals surface area contributed by atoms with Crippen molar-refractivity contribution in [2.75, 3.05) is 0 Å². The van der Waals surface area contributed by atoms with Crippen molar-refractivity contribution < 1.29 is 23.1 Å². The van der Waals surface area contributed by atoms with E-state index in [4.69, 9.17) is 5.11 Å². The molecule has 1 aromatic heterocycles. The van der Waals surface area contributed by atoms with Gasteiger partial charge in [0.15, 0.2) is 0 Å². The van der Waals surface area contributed by atoms with E-state index in [0.717, 1.165) is 12.1 Å². The van der Waals surface area contributed by atoms with Gasteiger partial charge < -0.3 is 5.11 Å². The highest BCUT2D eigenvalue weighted by Crippen LogP contribution is 2.30. The Morgan fingerprint density at radius 2 is 2.05 bits per heavy atom. The minimum absolute atomic E-state index is 0.119. The Labute approximate surface area is 105 Å². The maximum absolute atomic E-state index is 12.5. The summed E-state index contributed by atoms with van der Waals surface area (Å²) in [6.07, 6.45) is -3.11. The third-order valence-electron chi connectivity index (χ3n) is 2.52. The molecular weight excluding hydrogens is 261 g/mol. The van der Waals surface area contributed by atoms with E-state index in [2.05, 4.69) is 9.97 Å². The summed E-state index contributed by atoms with van der Waals surface area (Å²) in [5.74, 6) is -0.675. The fourth-order valence-electron chi connectivity index (χ4n) is 1.59. The lowest BCUT2D eigenvalue weighted by Gasteiger charge is -2.07. The number of rotatable bonds is 3. The zero-order chi connectivity index (χ0) is 14.0. The number of aromatic nitrogens is 2. The molecule has 100 valence electrons. The fraction of sp³-hybridized carbons (Fsp3) is 0.250. The van der Waals surface area contributed by atoms with Gasteiger partial charge in [0.1, 0.15) is 5.82 Å². The van der Waals surface area contributed by atoms with Crippen LogP contribution in [0.4, 0.5) is 13.2 Å². The second-order valence-corrected chi connectivity index (χ2v) is 3.95. The average Bonchev–Trinajstić information content (AvgIpc) is 2.34. The molecule has 0 saturated heterocycles. The Kier molecular flexibility index (Phi) is 3.37. The van der Waals surface area contributed by atoms with Gasteiger partial charge in [-0.15, -0.1) is 0 Å². The number of nitrogens with zero attached hydrogens (tertiary/aromatic N) is 2. The number of carbonyl (C=O) groups is 1. The number of benzene rings is 1. The summed E-state index contributed by atoms with van der Waals surface area (Å²) in [6.45, 7) is 0. The first kappa shape index (κ1) is 13.3. The highest BCUT2D eigenvalue weighted by Gasteiger charge is 2.30. The van der Waals surface area contributed by atoms with Crippen molar-refractivity contribution in [2.45, 2.75) is 19.0 Å². The van der Waals surface area contributed by atoms with Crippen LogP contribution in [0.1, 0.15) is 17.8 Å². The predicted octanol–water partition coefficient (Wildman–Crippen LogP) is 2.67. The van der Waals surface area contributed by atoms with Crippen molar-refractivity contribution in [3.05, 3.63) is 35.8 Å². The highest BCUT2D eigenvalue weighted by atomic mass is 19.4. The lowest BCUT2D eigenvalue weighted by molar-refractivity contribution is -0.138. The molecule has 2 rings (SSSR count). The summed E-state index contributed by atoms with van der Waals surface area (Å²) in [4.78, 5) is 18.3. The van der Waals surface area contributed by atoms with Crippen molar-refractivity contribution in [1.29, 1.82) is 0 Å². The van der Waals surface area contributed by atoms with Gasteiger partial charge in [0.25, 0.3) is 0 Å². The second-order valence-electron chi connectivity index (χ2n) is 3.95. The first-order valence-electron chi connectivity index (χ1n) is 5.41. The molecular formula is C12H9F3N2O2. The SMILES string of the molecule is O=C(O)CCc1ncc2cc(C(F)(F)F)ccc2n1. The average molecular weight is 270 g/mol. The minimum atomic E-state index is -4.41. The Hall–Kier alpha value is -2.18. The van der Waals surface area contributed by atoms with Gasteiger partial charge in [-0.05, 0) is 18.2 Å². The van der Waals surface area contributed by atoms with Crippen LogP contribution in [0.15, 0.2) is 24.4 Å². The molecule has 0 aliphatic carbocycles. The maximum Gasteiger partial charge on any atom is 0.416 e. The number of aliphatic carboxylic acids is 1. The first-order chi connectivity index (χ1) is 8.86. The minimum Gasteiger partial charge on any atom is -0.481 e. The van der Waals surface area contributed by atoms with Gasteiger partial charge in [-0.25, -0.2) is 9.97 Å². The monoisotopic (exact) mass is 270 g/mol. The zero-order valence-electron chi connectivity index (χ0n) is 9.61. The Morgan fingerprint density at radius 3 is 2.68 bits per heavy atom. The summed E-state index contributed by atoms with van der Waals surface area (Å²) in [7, 11) is 0. The fourth-order valence-corrected chi connectivity index (χ4v) is 1.59. The van der Waals surface area contributed by atoms with Crippen LogP contribution in [0.5, 0.6) is 0 Å². The molecule has 0 fully saturated rings. The number of carboxylic acid groups (broad SMARTS) is 1. The lowest BCUT2D eigenvalue weighted by Crippen LogP contribution is -2.05. The Bertz CT molecular complexity index is 626. The smallest absolute Gasteiger partial charge is 0.416 e. The molecule has 0 atom stereocenters. The molecule has 0 bridgehead atoms. The van der Waals surface area contributed by atoms with Crippen molar-refractivity contribution in [1.82, 2.24) is 9.97 Å². The van der Waals surface area contributed by atoms with E-state index in [9.17, 15) is 18.0 Å². The van der Waals surface area contributed by atoms with E-state index >= 15 is 0 Å². The largest absolute Gasteiger partial charge is 0.481 e. The molecule has 1 heterocycles. The van der Waals surface area contributed by atoms with Crippen LogP contribution in [0.2, 0.25) is 0 Å². The second kappa shape index (κ2) is 4.83. The number of alkyl halides is 3. The summed E-state index contributed by atoms with van der Waals surface area (Å²) in [5.41, 5.74) is -0.398. The van der Waals surface area contributed by atoms with Crippen LogP contribution in [0, 0.1) is 0 Å². The van der Waals surface area contributed by atoms with Gasteiger partial charge >= 0.3 is 12.1 Å². The maximum atomic E-state index is 12.5. The molecule has 1 N–H and O–H groups in total. The zero-order valence-corrected chi connectivity index (χ0v) is 9.61. The molecule has 2 aromatic rings. The molecule has 19 heavy (non-hydrogen) atoms. The van der Waals surface area contributed by atoms with Crippen LogP contribution in [0.3, 0.4) is 0 Å². The van der Waals surface area contributed by atoms with Crippen molar-refractivity contribution in [3.8, 4) is 0 Å². The molecule has 0 aliphatic heterocycles. The number of halogens is 3. The molecule has 0 radical (unpaired) electrons. The van der Waals surface area contributed by atoms with Gasteiger partial charge in [-0.2, -0.15) is 13.2 Å². The van der Waals surface area contributed by atoms with Crippen LogP contribution in [-0.4, -0.2) is 21.0 Å². The number of hydrogen-bond acceptors (Lipinski definition) is 3. The van der Waals surface area contributed by atoms with Crippen LogP contribution < -0.4 is 0 Å². The van der Waals surface area contributed by atoms with Crippen molar-refractivity contribution in [3.63, 3.8) is 0 Å². The van der Waals surface area contributed by atoms with Gasteiger partial charge in [0.05, 0.1) is 17.5 Å². The van der Waals surface area contributed by atoms with Crippen LogP contribution >= 0.6 is 0 Å². The van der Waals surface area contributed by atoms with E-state index in [1.54, 1.807) is 0 Å². The summed E-state index contributed by atoms with van der Waals surface area (Å²) >= 11 is 0. The number of carboxylic acids is 1. The third kappa shape index (κ3) is 3.18. The van der Waals surface area contributed by atoms with Gasteiger partial charge in [0, 0.05) is 18.0 Å². The van der Waals surface area contributed by atoms with E-state index in [-0.39, 0.29) is 18.2 Å². The van der Waals surface area contributed by atoms with Crippen molar-refractivity contribution >= 4 is 16.9 Å². The Morgan fingerprint density at radius 1 is 1.32 bits per heavy atom. The topological polar surface area (TPSA) is 63.1 Å². The molecule has 4 nitrogen and oxygen atoms in total. The number of hydrogen-bond donors (Lipinski definition) is 1.